The zero-order chi connectivity index (χ0) is 23.4. The molecule has 1 aliphatic heterocycles. The van der Waals surface area contributed by atoms with Crippen molar-refractivity contribution in [2.45, 2.75) is 43.7 Å². The van der Waals surface area contributed by atoms with Gasteiger partial charge in [-0.3, -0.25) is 9.21 Å². The third kappa shape index (κ3) is 5.09. The summed E-state index contributed by atoms with van der Waals surface area (Å²) in [6.45, 7) is 3.32. The van der Waals surface area contributed by atoms with Crippen LogP contribution in [-0.2, 0) is 23.0 Å². The maximum Gasteiger partial charge on any atom is 0.264 e. The molecule has 0 radical (unpaired) electrons. The van der Waals surface area contributed by atoms with Crippen LogP contribution in [0.2, 0.25) is 0 Å². The van der Waals surface area contributed by atoms with E-state index in [2.05, 4.69) is 6.92 Å². The van der Waals surface area contributed by atoms with Gasteiger partial charge in [0.05, 0.1) is 10.6 Å². The molecule has 1 saturated heterocycles. The Balaban J connectivity index is 1.58. The number of piperidine rings is 1. The highest BCUT2D eigenvalue weighted by Gasteiger charge is 2.34. The molecule has 3 aromatic rings. The third-order valence-electron chi connectivity index (χ3n) is 6.23. The number of halogens is 2. The van der Waals surface area contributed by atoms with Crippen molar-refractivity contribution in [3.63, 3.8) is 0 Å². The number of anilines is 1. The highest BCUT2D eigenvalue weighted by Crippen LogP contribution is 2.31. The Kier molecular flexibility index (Phi) is 7.10. The van der Waals surface area contributed by atoms with Crippen LogP contribution in [0.1, 0.15) is 30.9 Å². The van der Waals surface area contributed by atoms with Gasteiger partial charge in [0.1, 0.15) is 11.6 Å². The minimum atomic E-state index is -3.77. The Morgan fingerprint density at radius 3 is 2.06 bits per heavy atom. The lowest BCUT2D eigenvalue weighted by Gasteiger charge is -2.39. The van der Waals surface area contributed by atoms with E-state index in [1.165, 1.54) is 22.5 Å². The van der Waals surface area contributed by atoms with E-state index < -0.39 is 21.7 Å². The molecule has 1 heterocycles. The van der Waals surface area contributed by atoms with Gasteiger partial charge in [-0.2, -0.15) is 0 Å². The van der Waals surface area contributed by atoms with E-state index in [4.69, 9.17) is 0 Å². The van der Waals surface area contributed by atoms with Crippen LogP contribution in [0.5, 0.6) is 0 Å². The van der Waals surface area contributed by atoms with Crippen LogP contribution >= 0.6 is 0 Å². The number of rotatable bonds is 7. The molecule has 0 aromatic heterocycles. The Morgan fingerprint density at radius 2 is 1.48 bits per heavy atom. The van der Waals surface area contributed by atoms with Gasteiger partial charge in [0, 0.05) is 31.2 Å². The number of hydrogen-bond acceptors (Lipinski definition) is 3. The monoisotopic (exact) mass is 470 g/mol. The number of hydrogen-bond donors (Lipinski definition) is 0. The average molecular weight is 471 g/mol. The predicted octanol–water partition coefficient (Wildman–Crippen LogP) is 5.39. The molecule has 7 heteroatoms. The molecule has 0 amide bonds. The van der Waals surface area contributed by atoms with E-state index >= 15 is 0 Å². The Bertz CT molecular complexity index is 1160. The van der Waals surface area contributed by atoms with Crippen LogP contribution in [0.4, 0.5) is 14.5 Å². The largest absolute Gasteiger partial charge is 0.299 e. The molecule has 174 valence electrons. The maximum atomic E-state index is 14.1. The van der Waals surface area contributed by atoms with Gasteiger partial charge in [0.15, 0.2) is 0 Å². The number of aryl methyl sites for hydroxylation is 1. The SMILES string of the molecule is CCc1ccc(N(C2CCN(Cc3c(F)cccc3F)CC2)S(=O)(=O)c2ccccc2)cc1. The molecular formula is C26H28F2N2O2S. The van der Waals surface area contributed by atoms with Gasteiger partial charge in [0.2, 0.25) is 0 Å². The first-order valence-corrected chi connectivity index (χ1v) is 12.7. The molecular weight excluding hydrogens is 442 g/mol. The molecule has 33 heavy (non-hydrogen) atoms. The lowest BCUT2D eigenvalue weighted by molar-refractivity contribution is 0.202. The first-order valence-electron chi connectivity index (χ1n) is 11.2. The van der Waals surface area contributed by atoms with Gasteiger partial charge in [-0.1, -0.05) is 43.3 Å². The lowest BCUT2D eigenvalue weighted by Crippen LogP contribution is -2.47. The van der Waals surface area contributed by atoms with Crippen molar-refractivity contribution in [2.75, 3.05) is 17.4 Å². The van der Waals surface area contributed by atoms with E-state index in [1.54, 1.807) is 30.3 Å². The summed E-state index contributed by atoms with van der Waals surface area (Å²) in [6.07, 6.45) is 2.01. The van der Waals surface area contributed by atoms with Gasteiger partial charge in [0.25, 0.3) is 10.0 Å². The molecule has 0 spiro atoms. The summed E-state index contributed by atoms with van der Waals surface area (Å²) >= 11 is 0. The van der Waals surface area contributed by atoms with Gasteiger partial charge in [-0.15, -0.1) is 0 Å². The zero-order valence-electron chi connectivity index (χ0n) is 18.6. The van der Waals surface area contributed by atoms with Crippen LogP contribution in [0, 0.1) is 11.6 Å². The second kappa shape index (κ2) is 10.0. The van der Waals surface area contributed by atoms with Crippen molar-refractivity contribution < 1.29 is 17.2 Å². The average Bonchev–Trinajstić information content (AvgIpc) is 2.83. The van der Waals surface area contributed by atoms with E-state index in [-0.39, 0.29) is 23.0 Å². The number of sulfonamides is 1. The summed E-state index contributed by atoms with van der Waals surface area (Å²) in [7, 11) is -3.77. The third-order valence-corrected chi connectivity index (χ3v) is 8.13. The van der Waals surface area contributed by atoms with E-state index in [0.717, 1.165) is 12.0 Å². The summed E-state index contributed by atoms with van der Waals surface area (Å²) in [5.41, 5.74) is 1.83. The number of likely N-dealkylation sites (tertiary alicyclic amines) is 1. The molecule has 4 nitrogen and oxygen atoms in total. The van der Waals surface area contributed by atoms with E-state index in [0.29, 0.717) is 31.6 Å². The fourth-order valence-electron chi connectivity index (χ4n) is 4.35. The fraction of sp³-hybridized carbons (Fsp3) is 0.308. The normalized spacial score (nSPS) is 15.5. The van der Waals surface area contributed by atoms with Crippen molar-refractivity contribution in [3.05, 3.63) is 95.6 Å². The van der Waals surface area contributed by atoms with Gasteiger partial charge in [-0.25, -0.2) is 17.2 Å². The first-order chi connectivity index (χ1) is 15.9. The highest BCUT2D eigenvalue weighted by atomic mass is 32.2. The Morgan fingerprint density at radius 1 is 0.879 bits per heavy atom. The van der Waals surface area contributed by atoms with Crippen molar-refractivity contribution in [1.82, 2.24) is 4.90 Å². The van der Waals surface area contributed by atoms with E-state index in [9.17, 15) is 17.2 Å². The van der Waals surface area contributed by atoms with Crippen molar-refractivity contribution in [3.8, 4) is 0 Å². The summed E-state index contributed by atoms with van der Waals surface area (Å²) in [6, 6.07) is 19.7. The van der Waals surface area contributed by atoms with Gasteiger partial charge in [-0.05, 0) is 61.2 Å². The van der Waals surface area contributed by atoms with Crippen LogP contribution in [0.25, 0.3) is 0 Å². The first kappa shape index (κ1) is 23.4. The summed E-state index contributed by atoms with van der Waals surface area (Å²) in [5, 5.41) is 0. The summed E-state index contributed by atoms with van der Waals surface area (Å²) in [5.74, 6) is -1.11. The fourth-order valence-corrected chi connectivity index (χ4v) is 6.08. The molecule has 0 aliphatic carbocycles. The Labute approximate surface area is 194 Å². The number of nitrogens with zero attached hydrogens (tertiary/aromatic N) is 2. The quantitative estimate of drug-likeness (QED) is 0.465. The zero-order valence-corrected chi connectivity index (χ0v) is 19.4. The lowest BCUT2D eigenvalue weighted by atomic mass is 10.0. The van der Waals surface area contributed by atoms with Crippen LogP contribution in [-0.4, -0.2) is 32.4 Å². The van der Waals surface area contributed by atoms with Crippen LogP contribution in [0.15, 0.2) is 77.7 Å². The van der Waals surface area contributed by atoms with Gasteiger partial charge >= 0.3 is 0 Å². The predicted molar refractivity (Wildman–Crippen MR) is 127 cm³/mol. The minimum Gasteiger partial charge on any atom is -0.299 e. The second-order valence-electron chi connectivity index (χ2n) is 8.34. The molecule has 1 fully saturated rings. The number of benzene rings is 3. The van der Waals surface area contributed by atoms with Crippen molar-refractivity contribution in [2.24, 2.45) is 0 Å². The summed E-state index contributed by atoms with van der Waals surface area (Å²) < 4.78 is 57.0. The molecule has 0 bridgehead atoms. The molecule has 0 N–H and O–H groups in total. The van der Waals surface area contributed by atoms with Crippen LogP contribution < -0.4 is 4.31 Å². The van der Waals surface area contributed by atoms with E-state index in [1.807, 2.05) is 29.2 Å². The molecule has 0 unspecified atom stereocenters. The standard InChI is InChI=1S/C26H28F2N2O2S/c1-2-20-11-13-21(14-12-20)30(33(31,32)23-7-4-3-5-8-23)22-15-17-29(18-16-22)19-24-25(27)9-6-10-26(24)28/h3-14,22H,2,15-19H2,1H3. The maximum absolute atomic E-state index is 14.1. The molecule has 0 saturated carbocycles. The highest BCUT2D eigenvalue weighted by molar-refractivity contribution is 7.92. The molecule has 0 atom stereocenters. The topological polar surface area (TPSA) is 40.6 Å². The van der Waals surface area contributed by atoms with Crippen LogP contribution in [0.3, 0.4) is 0 Å². The second-order valence-corrected chi connectivity index (χ2v) is 10.2. The molecule has 4 rings (SSSR count). The van der Waals surface area contributed by atoms with Gasteiger partial charge < -0.3 is 0 Å². The Hall–Kier alpha value is -2.77. The molecule has 1 aliphatic rings. The minimum absolute atomic E-state index is 0.0554. The molecule has 3 aromatic carbocycles. The van der Waals surface area contributed by atoms with Crippen molar-refractivity contribution in [1.29, 1.82) is 0 Å². The van der Waals surface area contributed by atoms with Crippen molar-refractivity contribution >= 4 is 15.7 Å². The smallest absolute Gasteiger partial charge is 0.264 e. The summed E-state index contributed by atoms with van der Waals surface area (Å²) in [4.78, 5) is 2.23.